The fourth-order valence-electron chi connectivity index (χ4n) is 7.53. The smallest absolute Gasteiger partial charge is 0.223 e. The van der Waals surface area contributed by atoms with E-state index in [4.69, 9.17) is 5.10 Å². The molecule has 1 aromatic carbocycles. The van der Waals surface area contributed by atoms with Crippen LogP contribution in [0, 0.1) is 5.41 Å². The number of aliphatic hydroxyl groups is 1. The summed E-state index contributed by atoms with van der Waals surface area (Å²) in [7, 11) is 2.02. The molecule has 4 bridgehead atoms. The van der Waals surface area contributed by atoms with E-state index in [-0.39, 0.29) is 23.3 Å². The zero-order valence-electron chi connectivity index (χ0n) is 19.1. The zero-order valence-corrected chi connectivity index (χ0v) is 19.1. The first-order valence-corrected chi connectivity index (χ1v) is 12.2. The molecule has 5 fully saturated rings. The number of hydrogen-bond donors (Lipinski definition) is 1. The summed E-state index contributed by atoms with van der Waals surface area (Å²) in [5, 5.41) is 17.3. The fraction of sp³-hybridized carbons (Fsp3) is 0.692. The van der Waals surface area contributed by atoms with Crippen LogP contribution in [0.15, 0.2) is 18.2 Å². The van der Waals surface area contributed by atoms with Crippen LogP contribution in [-0.2, 0) is 11.8 Å². The van der Waals surface area contributed by atoms with Crippen LogP contribution in [0.2, 0.25) is 0 Å². The highest BCUT2D eigenvalue weighted by Crippen LogP contribution is 2.55. The molecule has 5 heteroatoms. The van der Waals surface area contributed by atoms with Gasteiger partial charge in [0.15, 0.2) is 0 Å². The van der Waals surface area contributed by atoms with Gasteiger partial charge in [-0.2, -0.15) is 5.10 Å². The van der Waals surface area contributed by atoms with Gasteiger partial charge >= 0.3 is 0 Å². The van der Waals surface area contributed by atoms with Crippen molar-refractivity contribution in [2.45, 2.75) is 101 Å². The van der Waals surface area contributed by atoms with E-state index < -0.39 is 5.60 Å². The van der Waals surface area contributed by atoms with E-state index in [0.29, 0.717) is 18.4 Å². The largest absolute Gasteiger partial charge is 0.390 e. The summed E-state index contributed by atoms with van der Waals surface area (Å²) in [4.78, 5) is 15.9. The highest BCUT2D eigenvalue weighted by molar-refractivity contribution is 5.88. The lowest BCUT2D eigenvalue weighted by molar-refractivity contribution is -0.149. The number of hydrogen-bond acceptors (Lipinski definition) is 3. The topological polar surface area (TPSA) is 58.4 Å². The summed E-state index contributed by atoms with van der Waals surface area (Å²) >= 11 is 0. The summed E-state index contributed by atoms with van der Waals surface area (Å²) in [5.41, 5.74) is 3.31. The molecule has 1 aromatic heterocycles. The molecule has 31 heavy (non-hydrogen) atoms. The number of nitrogens with zero attached hydrogens (tertiary/aromatic N) is 3. The number of rotatable bonds is 4. The Balaban J connectivity index is 1.29. The summed E-state index contributed by atoms with van der Waals surface area (Å²) in [6.07, 6.45) is 8.59. The van der Waals surface area contributed by atoms with Crippen molar-refractivity contribution >= 4 is 16.8 Å². The van der Waals surface area contributed by atoms with Crippen LogP contribution in [0.3, 0.4) is 0 Å². The van der Waals surface area contributed by atoms with Gasteiger partial charge < -0.3 is 10.0 Å². The standard InChI is InChI=1S/C26H35N3O2/c1-16(24-23-20(17-7-8-17)5-4-6-21(23)28(3)27-24)11-22(30)29-18-9-10-26(31)14-19(29)13-25(2,12-18)15-26/h4-6,16-19,31H,7-15H2,1-3H3. The number of piperidine rings is 1. The summed E-state index contributed by atoms with van der Waals surface area (Å²) in [6.45, 7) is 4.50. The molecule has 0 radical (unpaired) electrons. The SMILES string of the molecule is CC(CC(=O)N1C2CCC3(O)CC1CC(C)(C2)C3)c1nn(C)c2cccc(C3CC3)c12. The monoisotopic (exact) mass is 421 g/mol. The van der Waals surface area contributed by atoms with E-state index >= 15 is 0 Å². The quantitative estimate of drug-likeness (QED) is 0.783. The number of carbonyl (C=O) groups is 1. The van der Waals surface area contributed by atoms with Crippen molar-refractivity contribution < 1.29 is 9.90 Å². The predicted molar refractivity (Wildman–Crippen MR) is 121 cm³/mol. The lowest BCUT2D eigenvalue weighted by atomic mass is 9.63. The van der Waals surface area contributed by atoms with Gasteiger partial charge in [0.05, 0.1) is 16.8 Å². The maximum absolute atomic E-state index is 13.7. The number of aromatic nitrogens is 2. The Labute approximate surface area is 184 Å². The van der Waals surface area contributed by atoms with Gasteiger partial charge in [0.1, 0.15) is 0 Å². The lowest BCUT2D eigenvalue weighted by Crippen LogP contribution is -2.58. The van der Waals surface area contributed by atoms with E-state index in [2.05, 4.69) is 36.9 Å². The highest BCUT2D eigenvalue weighted by Gasteiger charge is 2.56. The van der Waals surface area contributed by atoms with Crippen molar-refractivity contribution in [3.05, 3.63) is 29.5 Å². The van der Waals surface area contributed by atoms with Crippen LogP contribution in [0.25, 0.3) is 10.9 Å². The van der Waals surface area contributed by atoms with E-state index in [1.54, 1.807) is 0 Å². The Morgan fingerprint density at radius 3 is 2.77 bits per heavy atom. The summed E-state index contributed by atoms with van der Waals surface area (Å²) in [6, 6.07) is 7.05. The molecular weight excluding hydrogens is 386 g/mol. The van der Waals surface area contributed by atoms with Gasteiger partial charge in [0, 0.05) is 36.9 Å². The number of carbonyl (C=O) groups excluding carboxylic acids is 1. The van der Waals surface area contributed by atoms with Crippen LogP contribution < -0.4 is 0 Å². The highest BCUT2D eigenvalue weighted by atomic mass is 16.3. The van der Waals surface area contributed by atoms with Crippen molar-refractivity contribution in [2.24, 2.45) is 12.5 Å². The first-order valence-electron chi connectivity index (χ1n) is 12.2. The minimum atomic E-state index is -0.566. The molecule has 1 amide bonds. The lowest BCUT2D eigenvalue weighted by Gasteiger charge is -2.54. The van der Waals surface area contributed by atoms with Crippen LogP contribution in [0.1, 0.15) is 94.7 Å². The molecule has 3 heterocycles. The molecule has 5 aliphatic rings. The molecule has 0 spiro atoms. The molecule has 2 aromatic rings. The molecule has 3 saturated carbocycles. The molecule has 166 valence electrons. The van der Waals surface area contributed by atoms with Gasteiger partial charge in [-0.15, -0.1) is 0 Å². The molecule has 5 nitrogen and oxygen atoms in total. The predicted octanol–water partition coefficient (Wildman–Crippen LogP) is 4.63. The van der Waals surface area contributed by atoms with Gasteiger partial charge in [0.25, 0.3) is 0 Å². The molecule has 7 rings (SSSR count). The summed E-state index contributed by atoms with van der Waals surface area (Å²) in [5.74, 6) is 1.01. The maximum atomic E-state index is 13.7. The van der Waals surface area contributed by atoms with Gasteiger partial charge in [-0.25, -0.2) is 0 Å². The maximum Gasteiger partial charge on any atom is 0.223 e. The van der Waals surface area contributed by atoms with Gasteiger partial charge in [-0.1, -0.05) is 26.0 Å². The number of fused-ring (bicyclic) bond motifs is 2. The normalized spacial score (nSPS) is 35.5. The van der Waals surface area contributed by atoms with Crippen molar-refractivity contribution in [1.82, 2.24) is 14.7 Å². The van der Waals surface area contributed by atoms with Gasteiger partial charge in [0.2, 0.25) is 5.91 Å². The third-order valence-electron chi connectivity index (χ3n) is 8.75. The van der Waals surface area contributed by atoms with Crippen molar-refractivity contribution in [2.75, 3.05) is 0 Å². The molecular formula is C26H35N3O2. The van der Waals surface area contributed by atoms with Crippen LogP contribution in [0.4, 0.5) is 0 Å². The van der Waals surface area contributed by atoms with E-state index in [1.807, 2.05) is 11.7 Å². The van der Waals surface area contributed by atoms with E-state index in [0.717, 1.165) is 44.2 Å². The van der Waals surface area contributed by atoms with Crippen molar-refractivity contribution in [1.29, 1.82) is 0 Å². The van der Waals surface area contributed by atoms with E-state index in [1.165, 1.54) is 29.3 Å². The van der Waals surface area contributed by atoms with Crippen LogP contribution in [-0.4, -0.2) is 43.4 Å². The number of aryl methyl sites for hydroxylation is 1. The minimum Gasteiger partial charge on any atom is -0.390 e. The average molecular weight is 422 g/mol. The molecule has 5 atom stereocenters. The van der Waals surface area contributed by atoms with Gasteiger partial charge in [-0.3, -0.25) is 9.48 Å². The number of benzene rings is 1. The minimum absolute atomic E-state index is 0.0910. The Morgan fingerprint density at radius 2 is 2.00 bits per heavy atom. The van der Waals surface area contributed by atoms with Crippen LogP contribution in [0.5, 0.6) is 0 Å². The van der Waals surface area contributed by atoms with Gasteiger partial charge in [-0.05, 0) is 74.3 Å². The Bertz CT molecular complexity index is 1050. The Morgan fingerprint density at radius 1 is 1.23 bits per heavy atom. The molecule has 2 aliphatic heterocycles. The number of amides is 1. The third-order valence-corrected chi connectivity index (χ3v) is 8.75. The Kier molecular flexibility index (Phi) is 4.19. The molecule has 3 aliphatic carbocycles. The molecule has 2 saturated heterocycles. The van der Waals surface area contributed by atoms with E-state index in [9.17, 15) is 9.90 Å². The third kappa shape index (κ3) is 3.14. The summed E-state index contributed by atoms with van der Waals surface area (Å²) < 4.78 is 1.99. The van der Waals surface area contributed by atoms with Crippen molar-refractivity contribution in [3.63, 3.8) is 0 Å². The van der Waals surface area contributed by atoms with Crippen molar-refractivity contribution in [3.8, 4) is 0 Å². The average Bonchev–Trinajstić information content (AvgIpc) is 3.49. The Hall–Kier alpha value is -1.88. The second kappa shape index (κ2) is 6.57. The fourth-order valence-corrected chi connectivity index (χ4v) is 7.53. The first-order chi connectivity index (χ1) is 14.8. The van der Waals surface area contributed by atoms with Crippen LogP contribution >= 0.6 is 0 Å². The molecule has 5 unspecified atom stereocenters. The second-order valence-electron chi connectivity index (χ2n) is 11.6. The zero-order chi connectivity index (χ0) is 21.5. The molecule has 1 N–H and O–H groups in total. The second-order valence-corrected chi connectivity index (χ2v) is 11.6. The first kappa shape index (κ1) is 19.8.